The van der Waals surface area contributed by atoms with Crippen LogP contribution < -0.4 is 10.6 Å². The summed E-state index contributed by atoms with van der Waals surface area (Å²) in [6, 6.07) is 3.22. The molecular weight excluding hydrogens is 330 g/mol. The number of likely N-dealkylation sites (N-methyl/N-ethyl adjacent to an activating group) is 1. The van der Waals surface area contributed by atoms with Gasteiger partial charge in [0.25, 0.3) is 0 Å². The number of pyridine rings is 1. The highest BCUT2D eigenvalue weighted by atomic mass is 35.5. The van der Waals surface area contributed by atoms with E-state index in [0.717, 1.165) is 25.9 Å². The molecule has 1 aromatic rings. The number of anilines is 1. The van der Waals surface area contributed by atoms with E-state index < -0.39 is 0 Å². The van der Waals surface area contributed by atoms with Crippen molar-refractivity contribution >= 4 is 29.2 Å². The van der Waals surface area contributed by atoms with Crippen molar-refractivity contribution in [3.05, 3.63) is 23.5 Å². The molecule has 2 heterocycles. The zero-order valence-corrected chi connectivity index (χ0v) is 14.8. The largest absolute Gasteiger partial charge is 0.338 e. The second-order valence-corrected chi connectivity index (χ2v) is 6.51. The van der Waals surface area contributed by atoms with Crippen LogP contribution >= 0.6 is 11.6 Å². The van der Waals surface area contributed by atoms with Crippen LogP contribution in [-0.4, -0.2) is 66.5 Å². The Balaban J connectivity index is 1.73. The van der Waals surface area contributed by atoms with Gasteiger partial charge in [-0.1, -0.05) is 11.6 Å². The van der Waals surface area contributed by atoms with Gasteiger partial charge < -0.3 is 20.4 Å². The first kappa shape index (κ1) is 18.5. The molecule has 132 valence electrons. The number of nitrogens with zero attached hydrogens (tertiary/aromatic N) is 3. The number of likely N-dealkylation sites (tertiary alicyclic amines) is 1. The predicted molar refractivity (Wildman–Crippen MR) is 94.2 cm³/mol. The first-order chi connectivity index (χ1) is 11.5. The maximum Gasteiger partial charge on any atom is 0.319 e. The lowest BCUT2D eigenvalue weighted by atomic mass is 10.1. The minimum Gasteiger partial charge on any atom is -0.338 e. The third kappa shape index (κ3) is 5.65. The van der Waals surface area contributed by atoms with E-state index in [1.165, 1.54) is 6.20 Å². The fourth-order valence-corrected chi connectivity index (χ4v) is 2.80. The molecule has 3 amide bonds. The van der Waals surface area contributed by atoms with Gasteiger partial charge in [0.1, 0.15) is 5.15 Å². The van der Waals surface area contributed by atoms with Gasteiger partial charge in [0, 0.05) is 32.1 Å². The van der Waals surface area contributed by atoms with Crippen LogP contribution in [0.3, 0.4) is 0 Å². The fourth-order valence-electron chi connectivity index (χ4n) is 2.69. The topological polar surface area (TPSA) is 77.6 Å². The molecule has 1 saturated heterocycles. The van der Waals surface area contributed by atoms with E-state index in [1.807, 2.05) is 19.0 Å². The second kappa shape index (κ2) is 8.84. The molecule has 2 rings (SSSR count). The van der Waals surface area contributed by atoms with E-state index in [2.05, 4.69) is 20.5 Å². The molecule has 1 aromatic heterocycles. The lowest BCUT2D eigenvalue weighted by Gasteiger charge is -2.26. The molecule has 0 spiro atoms. The Kier molecular flexibility index (Phi) is 6.81. The van der Waals surface area contributed by atoms with Gasteiger partial charge in [-0.15, -0.1) is 0 Å². The van der Waals surface area contributed by atoms with E-state index in [1.54, 1.807) is 12.1 Å². The van der Waals surface area contributed by atoms with Crippen molar-refractivity contribution in [3.63, 3.8) is 0 Å². The second-order valence-electron chi connectivity index (χ2n) is 6.12. The molecule has 0 bridgehead atoms. The van der Waals surface area contributed by atoms with Crippen molar-refractivity contribution in [1.29, 1.82) is 0 Å². The first-order valence-corrected chi connectivity index (χ1v) is 8.44. The summed E-state index contributed by atoms with van der Waals surface area (Å²) in [5.74, 6) is 0.207. The Morgan fingerprint density at radius 1 is 1.46 bits per heavy atom. The molecule has 1 aliphatic rings. The third-order valence-electron chi connectivity index (χ3n) is 3.99. The summed E-state index contributed by atoms with van der Waals surface area (Å²) in [6.45, 7) is 2.10. The zero-order valence-electron chi connectivity index (χ0n) is 14.1. The normalized spacial score (nSPS) is 17.4. The van der Waals surface area contributed by atoms with Gasteiger partial charge in [0.15, 0.2) is 0 Å². The van der Waals surface area contributed by atoms with E-state index >= 15 is 0 Å². The zero-order chi connectivity index (χ0) is 17.5. The summed E-state index contributed by atoms with van der Waals surface area (Å²) in [5, 5.41) is 5.89. The molecule has 1 atom stereocenters. The molecule has 0 radical (unpaired) electrons. The minimum atomic E-state index is -0.289. The van der Waals surface area contributed by atoms with Crippen molar-refractivity contribution in [2.45, 2.75) is 25.3 Å². The number of rotatable bonds is 7. The molecule has 0 saturated carbocycles. The Morgan fingerprint density at radius 2 is 2.25 bits per heavy atom. The van der Waals surface area contributed by atoms with Crippen LogP contribution in [0.1, 0.15) is 19.3 Å². The van der Waals surface area contributed by atoms with Crippen LogP contribution in [0.4, 0.5) is 10.5 Å². The van der Waals surface area contributed by atoms with Gasteiger partial charge in [-0.2, -0.15) is 0 Å². The number of aromatic nitrogens is 1. The number of carbonyl (C=O) groups excluding carboxylic acids is 2. The van der Waals surface area contributed by atoms with Gasteiger partial charge in [-0.05, 0) is 39.1 Å². The molecular formula is C16H24ClN5O2. The molecule has 0 unspecified atom stereocenters. The highest BCUT2D eigenvalue weighted by Crippen LogP contribution is 2.20. The Hall–Kier alpha value is -1.86. The van der Waals surface area contributed by atoms with Crippen molar-refractivity contribution < 1.29 is 9.59 Å². The summed E-state index contributed by atoms with van der Waals surface area (Å²) < 4.78 is 0. The van der Waals surface area contributed by atoms with E-state index in [9.17, 15) is 9.59 Å². The van der Waals surface area contributed by atoms with E-state index in [-0.39, 0.29) is 18.0 Å². The predicted octanol–water partition coefficient (Wildman–Crippen LogP) is 1.80. The smallest absolute Gasteiger partial charge is 0.319 e. The Bertz CT molecular complexity index is 564. The summed E-state index contributed by atoms with van der Waals surface area (Å²) in [4.78, 5) is 31.7. The highest BCUT2D eigenvalue weighted by molar-refractivity contribution is 6.29. The summed E-state index contributed by atoms with van der Waals surface area (Å²) in [5.41, 5.74) is 0.584. The third-order valence-corrected chi connectivity index (χ3v) is 4.21. The maximum atomic E-state index is 12.0. The van der Waals surface area contributed by atoms with Crippen molar-refractivity contribution in [2.75, 3.05) is 39.0 Å². The Labute approximate surface area is 147 Å². The number of halogens is 1. The number of urea groups is 1. The number of amides is 3. The summed E-state index contributed by atoms with van der Waals surface area (Å²) >= 11 is 5.70. The lowest BCUT2D eigenvalue weighted by Crippen LogP contribution is -2.40. The van der Waals surface area contributed by atoms with Crippen LogP contribution in [-0.2, 0) is 4.79 Å². The van der Waals surface area contributed by atoms with Gasteiger partial charge in [-0.3, -0.25) is 4.79 Å². The molecule has 8 heteroatoms. The fraction of sp³-hybridized carbons (Fsp3) is 0.562. The molecule has 0 aliphatic carbocycles. The summed E-state index contributed by atoms with van der Waals surface area (Å²) in [7, 11) is 3.99. The summed E-state index contributed by atoms with van der Waals surface area (Å²) in [6.07, 6.45) is 3.71. The Morgan fingerprint density at radius 3 is 2.92 bits per heavy atom. The van der Waals surface area contributed by atoms with Gasteiger partial charge in [-0.25, -0.2) is 9.78 Å². The van der Waals surface area contributed by atoms with E-state index in [0.29, 0.717) is 23.8 Å². The SMILES string of the molecule is CN(C)CCN1C(=O)CC[C@H]1CCNC(=O)Nc1ccc(Cl)nc1. The van der Waals surface area contributed by atoms with Gasteiger partial charge in [0.05, 0.1) is 11.9 Å². The van der Waals surface area contributed by atoms with E-state index in [4.69, 9.17) is 11.6 Å². The number of nitrogens with one attached hydrogen (secondary N) is 2. The number of carbonyl (C=O) groups is 2. The van der Waals surface area contributed by atoms with Crippen molar-refractivity contribution in [1.82, 2.24) is 20.1 Å². The van der Waals surface area contributed by atoms with Crippen LogP contribution in [0, 0.1) is 0 Å². The standard InChI is InChI=1S/C16H24ClN5O2/c1-21(2)9-10-22-13(4-6-15(22)23)7-8-18-16(24)20-12-3-5-14(17)19-11-12/h3,5,11,13H,4,6-10H2,1-2H3,(H2,18,20,24)/t13-/m0/s1. The molecule has 1 fully saturated rings. The van der Waals surface area contributed by atoms with Crippen LogP contribution in [0.5, 0.6) is 0 Å². The minimum absolute atomic E-state index is 0.204. The highest BCUT2D eigenvalue weighted by Gasteiger charge is 2.30. The van der Waals surface area contributed by atoms with Crippen molar-refractivity contribution in [2.24, 2.45) is 0 Å². The average molecular weight is 354 g/mol. The number of hydrogen-bond donors (Lipinski definition) is 2. The number of hydrogen-bond acceptors (Lipinski definition) is 4. The van der Waals surface area contributed by atoms with Crippen LogP contribution in [0.25, 0.3) is 0 Å². The van der Waals surface area contributed by atoms with Crippen LogP contribution in [0.2, 0.25) is 5.15 Å². The monoisotopic (exact) mass is 353 g/mol. The van der Waals surface area contributed by atoms with Crippen molar-refractivity contribution in [3.8, 4) is 0 Å². The molecule has 2 N–H and O–H groups in total. The molecule has 0 aromatic carbocycles. The van der Waals surface area contributed by atoms with Crippen LogP contribution in [0.15, 0.2) is 18.3 Å². The van der Waals surface area contributed by atoms with Gasteiger partial charge in [0.2, 0.25) is 5.91 Å². The molecule has 1 aliphatic heterocycles. The average Bonchev–Trinajstić information content (AvgIpc) is 2.88. The lowest BCUT2D eigenvalue weighted by molar-refractivity contribution is -0.129. The molecule has 24 heavy (non-hydrogen) atoms. The van der Waals surface area contributed by atoms with Gasteiger partial charge >= 0.3 is 6.03 Å². The quantitative estimate of drug-likeness (QED) is 0.733. The molecule has 7 nitrogen and oxygen atoms in total. The first-order valence-electron chi connectivity index (χ1n) is 8.06. The maximum absolute atomic E-state index is 12.0.